The molecule has 3 heterocycles. The number of hydrogen-bond acceptors (Lipinski definition) is 4. The zero-order chi connectivity index (χ0) is 20.6. The lowest BCUT2D eigenvalue weighted by Crippen LogP contribution is -2.41. The molecule has 154 valence electrons. The quantitative estimate of drug-likeness (QED) is 0.860. The minimum absolute atomic E-state index is 0.0242. The van der Waals surface area contributed by atoms with Crippen LogP contribution in [0.3, 0.4) is 0 Å². The molecular weight excluding hydrogens is 366 g/mol. The lowest BCUT2D eigenvalue weighted by atomic mass is 9.95. The second kappa shape index (κ2) is 7.61. The van der Waals surface area contributed by atoms with Crippen LogP contribution in [0.2, 0.25) is 0 Å². The number of piperidine rings is 1. The Morgan fingerprint density at radius 1 is 1.10 bits per heavy atom. The molecule has 1 aliphatic carbocycles. The Kier molecular flexibility index (Phi) is 5.15. The highest BCUT2D eigenvalue weighted by atomic mass is 16.2. The normalized spacial score (nSPS) is 18.0. The van der Waals surface area contributed by atoms with Crippen molar-refractivity contribution in [2.75, 3.05) is 18.4 Å². The molecule has 0 unspecified atom stereocenters. The third-order valence-corrected chi connectivity index (χ3v) is 5.66. The summed E-state index contributed by atoms with van der Waals surface area (Å²) in [4.78, 5) is 31.5. The van der Waals surface area contributed by atoms with Gasteiger partial charge in [0.15, 0.2) is 5.69 Å². The van der Waals surface area contributed by atoms with Crippen LogP contribution in [0.4, 0.5) is 5.82 Å². The van der Waals surface area contributed by atoms with Crippen LogP contribution in [0.5, 0.6) is 0 Å². The van der Waals surface area contributed by atoms with Gasteiger partial charge in [-0.1, -0.05) is 6.07 Å². The van der Waals surface area contributed by atoms with Crippen LogP contribution in [0.25, 0.3) is 0 Å². The summed E-state index contributed by atoms with van der Waals surface area (Å²) in [5, 5.41) is 7.53. The zero-order valence-electron chi connectivity index (χ0n) is 17.4. The monoisotopic (exact) mass is 395 g/mol. The van der Waals surface area contributed by atoms with Gasteiger partial charge in [-0.15, -0.1) is 0 Å². The van der Waals surface area contributed by atoms with Gasteiger partial charge in [0.25, 0.3) is 5.91 Å². The van der Waals surface area contributed by atoms with E-state index in [-0.39, 0.29) is 23.3 Å². The summed E-state index contributed by atoms with van der Waals surface area (Å²) in [6.45, 7) is 7.49. The lowest BCUT2D eigenvalue weighted by Gasteiger charge is -2.30. The first-order valence-corrected chi connectivity index (χ1v) is 10.4. The van der Waals surface area contributed by atoms with Crippen molar-refractivity contribution in [3.05, 3.63) is 41.9 Å². The van der Waals surface area contributed by atoms with E-state index in [1.165, 1.54) is 18.5 Å². The van der Waals surface area contributed by atoms with Crippen molar-refractivity contribution >= 4 is 17.6 Å². The highest BCUT2D eigenvalue weighted by Gasteiger charge is 2.34. The summed E-state index contributed by atoms with van der Waals surface area (Å²) in [6, 6.07) is 7.41. The number of aromatic nitrogens is 3. The van der Waals surface area contributed by atoms with Crippen LogP contribution in [0, 0.1) is 5.92 Å². The maximum absolute atomic E-state index is 13.0. The Bertz CT molecular complexity index is 888. The van der Waals surface area contributed by atoms with Crippen molar-refractivity contribution in [3.8, 4) is 0 Å². The number of hydrogen-bond donors (Lipinski definition) is 1. The van der Waals surface area contributed by atoms with Gasteiger partial charge in [0.2, 0.25) is 5.91 Å². The third kappa shape index (κ3) is 4.33. The molecule has 0 spiro atoms. The topological polar surface area (TPSA) is 80.1 Å². The fourth-order valence-corrected chi connectivity index (χ4v) is 3.88. The number of carbonyl (C=O) groups is 2. The maximum atomic E-state index is 13.0. The number of nitrogens with one attached hydrogen (secondary N) is 1. The number of anilines is 1. The van der Waals surface area contributed by atoms with Gasteiger partial charge in [-0.05, 0) is 64.7 Å². The van der Waals surface area contributed by atoms with E-state index in [1.807, 2.05) is 27.8 Å². The second-order valence-corrected chi connectivity index (χ2v) is 9.08. The molecule has 0 radical (unpaired) electrons. The number of amides is 2. The SMILES string of the molecule is CC(C)(C)n1nc(C(=O)N2CCC(C(=O)Nc3ccccn3)CC2)cc1C1CC1. The first-order chi connectivity index (χ1) is 13.8. The van der Waals surface area contributed by atoms with Crippen LogP contribution in [-0.2, 0) is 10.3 Å². The molecule has 0 aromatic carbocycles. The van der Waals surface area contributed by atoms with E-state index < -0.39 is 0 Å². The summed E-state index contributed by atoms with van der Waals surface area (Å²) < 4.78 is 2.02. The fraction of sp³-hybridized carbons (Fsp3) is 0.545. The van der Waals surface area contributed by atoms with Gasteiger partial charge in [0, 0.05) is 36.8 Å². The Morgan fingerprint density at radius 2 is 1.83 bits per heavy atom. The van der Waals surface area contributed by atoms with Crippen molar-refractivity contribution in [3.63, 3.8) is 0 Å². The van der Waals surface area contributed by atoms with Gasteiger partial charge in [0.05, 0.1) is 5.54 Å². The molecule has 1 N–H and O–H groups in total. The zero-order valence-corrected chi connectivity index (χ0v) is 17.4. The van der Waals surface area contributed by atoms with E-state index in [4.69, 9.17) is 0 Å². The van der Waals surface area contributed by atoms with Crippen molar-refractivity contribution < 1.29 is 9.59 Å². The molecule has 1 aliphatic heterocycles. The van der Waals surface area contributed by atoms with Gasteiger partial charge in [0.1, 0.15) is 5.82 Å². The van der Waals surface area contributed by atoms with E-state index in [1.54, 1.807) is 12.3 Å². The van der Waals surface area contributed by atoms with E-state index in [9.17, 15) is 9.59 Å². The molecule has 2 aromatic rings. The molecular formula is C22H29N5O2. The van der Waals surface area contributed by atoms with E-state index in [0.29, 0.717) is 43.4 Å². The molecule has 4 rings (SSSR count). The number of pyridine rings is 1. The van der Waals surface area contributed by atoms with Gasteiger partial charge >= 0.3 is 0 Å². The van der Waals surface area contributed by atoms with Crippen molar-refractivity contribution in [2.45, 2.75) is 57.9 Å². The van der Waals surface area contributed by atoms with Gasteiger partial charge < -0.3 is 10.2 Å². The first-order valence-electron chi connectivity index (χ1n) is 10.4. The molecule has 2 fully saturated rings. The van der Waals surface area contributed by atoms with Crippen LogP contribution in [0.1, 0.15) is 68.6 Å². The molecule has 0 atom stereocenters. The van der Waals surface area contributed by atoms with E-state index in [0.717, 1.165) is 0 Å². The minimum atomic E-state index is -0.146. The van der Waals surface area contributed by atoms with Crippen molar-refractivity contribution in [1.82, 2.24) is 19.7 Å². The smallest absolute Gasteiger partial charge is 0.274 e. The average Bonchev–Trinajstić information content (AvgIpc) is 3.45. The number of likely N-dealkylation sites (tertiary alicyclic amines) is 1. The third-order valence-electron chi connectivity index (χ3n) is 5.66. The van der Waals surface area contributed by atoms with E-state index in [2.05, 4.69) is 36.2 Å². The van der Waals surface area contributed by atoms with Gasteiger partial charge in [-0.25, -0.2) is 4.98 Å². The predicted molar refractivity (Wildman–Crippen MR) is 111 cm³/mol. The number of carbonyl (C=O) groups excluding carboxylic acids is 2. The molecule has 2 aromatic heterocycles. The minimum Gasteiger partial charge on any atom is -0.337 e. The highest BCUT2D eigenvalue weighted by Crippen LogP contribution is 2.41. The average molecular weight is 396 g/mol. The van der Waals surface area contributed by atoms with Crippen LogP contribution in [0.15, 0.2) is 30.5 Å². The number of nitrogens with zero attached hydrogens (tertiary/aromatic N) is 4. The van der Waals surface area contributed by atoms with Crippen molar-refractivity contribution in [2.24, 2.45) is 5.92 Å². The maximum Gasteiger partial charge on any atom is 0.274 e. The molecule has 1 saturated carbocycles. The molecule has 7 nitrogen and oxygen atoms in total. The Balaban J connectivity index is 1.39. The summed E-state index contributed by atoms with van der Waals surface area (Å²) in [7, 11) is 0. The van der Waals surface area contributed by atoms with Crippen LogP contribution < -0.4 is 5.32 Å². The summed E-state index contributed by atoms with van der Waals surface area (Å²) in [5.74, 6) is 0.943. The largest absolute Gasteiger partial charge is 0.337 e. The molecule has 2 aliphatic rings. The van der Waals surface area contributed by atoms with Crippen molar-refractivity contribution in [1.29, 1.82) is 0 Å². The predicted octanol–water partition coefficient (Wildman–Crippen LogP) is 3.40. The van der Waals surface area contributed by atoms with Crippen LogP contribution >= 0.6 is 0 Å². The Labute approximate surface area is 171 Å². The summed E-state index contributed by atoms with van der Waals surface area (Å²) in [5.41, 5.74) is 1.55. The number of rotatable bonds is 4. The standard InChI is InChI=1S/C22H29N5O2/c1-22(2,3)27-18(15-7-8-15)14-17(25-27)21(29)26-12-9-16(10-13-26)20(28)24-19-6-4-5-11-23-19/h4-6,11,14-16H,7-10,12-13H2,1-3H3,(H,23,24,28). The molecule has 7 heteroatoms. The second-order valence-electron chi connectivity index (χ2n) is 9.08. The molecule has 0 bridgehead atoms. The lowest BCUT2D eigenvalue weighted by molar-refractivity contribution is -0.121. The Hall–Kier alpha value is -2.70. The summed E-state index contributed by atoms with van der Waals surface area (Å²) >= 11 is 0. The first kappa shape index (κ1) is 19.6. The van der Waals surface area contributed by atoms with Crippen LogP contribution in [-0.4, -0.2) is 44.6 Å². The Morgan fingerprint density at radius 3 is 2.41 bits per heavy atom. The van der Waals surface area contributed by atoms with Gasteiger partial charge in [-0.2, -0.15) is 5.10 Å². The van der Waals surface area contributed by atoms with Gasteiger partial charge in [-0.3, -0.25) is 14.3 Å². The fourth-order valence-electron chi connectivity index (χ4n) is 3.88. The highest BCUT2D eigenvalue weighted by molar-refractivity contribution is 5.94. The summed E-state index contributed by atoms with van der Waals surface area (Å²) in [6.07, 6.45) is 5.31. The molecule has 1 saturated heterocycles. The molecule has 2 amide bonds. The van der Waals surface area contributed by atoms with E-state index >= 15 is 0 Å². The molecule has 29 heavy (non-hydrogen) atoms.